The fraction of sp³-hybridized carbons (Fsp3) is 0.200. The maximum atomic E-state index is 13.1. The molecular weight excluding hydrogens is 378 g/mol. The third kappa shape index (κ3) is 3.12. The molecule has 0 saturated carbocycles. The maximum absolute atomic E-state index is 13.1. The predicted molar refractivity (Wildman–Crippen MR) is 103 cm³/mol. The summed E-state index contributed by atoms with van der Waals surface area (Å²) in [6, 6.07) is 16.1. The second-order valence-electron chi connectivity index (χ2n) is 6.41. The molecule has 1 amide bonds. The van der Waals surface area contributed by atoms with Gasteiger partial charge in [0.15, 0.2) is 0 Å². The van der Waals surface area contributed by atoms with Crippen molar-refractivity contribution in [2.24, 2.45) is 5.10 Å². The first-order chi connectivity index (χ1) is 12.1. The van der Waals surface area contributed by atoms with Crippen molar-refractivity contribution in [1.29, 1.82) is 0 Å². The Morgan fingerprint density at radius 1 is 1.24 bits per heavy atom. The van der Waals surface area contributed by atoms with Crippen LogP contribution in [0.2, 0.25) is 0 Å². The van der Waals surface area contributed by atoms with Crippen LogP contribution >= 0.6 is 15.9 Å². The number of carbonyl (C=O) groups is 1. The van der Waals surface area contributed by atoms with Gasteiger partial charge in [0.1, 0.15) is 0 Å². The number of hydrogen-bond donors (Lipinski definition) is 1. The van der Waals surface area contributed by atoms with E-state index in [1.807, 2.05) is 55.6 Å². The number of carbonyl (C=O) groups excluding carboxylic acids is 1. The summed E-state index contributed by atoms with van der Waals surface area (Å²) in [7, 11) is 0. The zero-order valence-electron chi connectivity index (χ0n) is 13.9. The smallest absolute Gasteiger partial charge is 0.250 e. The van der Waals surface area contributed by atoms with E-state index in [0.29, 0.717) is 13.0 Å². The summed E-state index contributed by atoms with van der Waals surface area (Å²) in [5.41, 5.74) is 4.13. The van der Waals surface area contributed by atoms with E-state index in [2.05, 4.69) is 32.1 Å². The number of aromatic amines is 1. The Hall–Kier alpha value is -2.40. The molecule has 1 aliphatic heterocycles. The van der Waals surface area contributed by atoms with Crippen molar-refractivity contribution in [2.75, 3.05) is 0 Å². The summed E-state index contributed by atoms with van der Waals surface area (Å²) in [5.74, 6) is -0.153. The van der Waals surface area contributed by atoms with Crippen molar-refractivity contribution < 1.29 is 4.79 Å². The minimum Gasteiger partial charge on any atom is -0.361 e. The molecule has 1 aliphatic rings. The molecule has 0 fully saturated rings. The van der Waals surface area contributed by atoms with E-state index in [9.17, 15) is 4.79 Å². The number of hydrogen-bond acceptors (Lipinski definition) is 2. The predicted octanol–water partition coefficient (Wildman–Crippen LogP) is 4.82. The highest BCUT2D eigenvalue weighted by Gasteiger charge is 2.32. The molecular formula is C20H18BrN3O. The van der Waals surface area contributed by atoms with Gasteiger partial charge in [0.05, 0.1) is 12.5 Å². The van der Waals surface area contributed by atoms with Crippen molar-refractivity contribution in [1.82, 2.24) is 9.99 Å². The average molecular weight is 396 g/mol. The van der Waals surface area contributed by atoms with Crippen LogP contribution in [0.25, 0.3) is 10.9 Å². The highest BCUT2D eigenvalue weighted by atomic mass is 79.9. The topological polar surface area (TPSA) is 48.5 Å². The Morgan fingerprint density at radius 3 is 2.84 bits per heavy atom. The van der Waals surface area contributed by atoms with Gasteiger partial charge in [0.2, 0.25) is 0 Å². The Bertz CT molecular complexity index is 961. The fourth-order valence-corrected chi connectivity index (χ4v) is 3.74. The SMILES string of the molecule is CC1=NN(Cc2ccccc2)C(=O)C(c2c[nH]c3ccc(Br)cc23)C1. The number of halogens is 1. The van der Waals surface area contributed by atoms with E-state index in [4.69, 9.17) is 0 Å². The second-order valence-corrected chi connectivity index (χ2v) is 7.32. The Labute approximate surface area is 154 Å². The second kappa shape index (κ2) is 6.48. The van der Waals surface area contributed by atoms with Gasteiger partial charge in [0, 0.05) is 33.7 Å². The van der Waals surface area contributed by atoms with E-state index in [1.54, 1.807) is 5.01 Å². The molecule has 1 unspecified atom stereocenters. The number of nitrogens with one attached hydrogen (secondary N) is 1. The van der Waals surface area contributed by atoms with Crippen molar-refractivity contribution in [3.05, 3.63) is 70.3 Å². The Morgan fingerprint density at radius 2 is 2.04 bits per heavy atom. The van der Waals surface area contributed by atoms with Crippen LogP contribution in [-0.4, -0.2) is 21.6 Å². The summed E-state index contributed by atoms with van der Waals surface area (Å²) in [5, 5.41) is 7.19. The van der Waals surface area contributed by atoms with E-state index in [-0.39, 0.29) is 11.8 Å². The van der Waals surface area contributed by atoms with Gasteiger partial charge >= 0.3 is 0 Å². The molecule has 0 spiro atoms. The lowest BCUT2D eigenvalue weighted by Crippen LogP contribution is -2.36. The van der Waals surface area contributed by atoms with Crippen LogP contribution in [0.4, 0.5) is 0 Å². The summed E-state index contributed by atoms with van der Waals surface area (Å²) < 4.78 is 1.01. The van der Waals surface area contributed by atoms with Gasteiger partial charge in [-0.25, -0.2) is 5.01 Å². The zero-order valence-corrected chi connectivity index (χ0v) is 15.5. The fourth-order valence-electron chi connectivity index (χ4n) is 3.37. The molecule has 1 N–H and O–H groups in total. The van der Waals surface area contributed by atoms with Gasteiger partial charge in [-0.05, 0) is 36.2 Å². The number of H-pyrrole nitrogens is 1. The van der Waals surface area contributed by atoms with Gasteiger partial charge < -0.3 is 4.98 Å². The molecule has 2 heterocycles. The number of fused-ring (bicyclic) bond motifs is 1. The zero-order chi connectivity index (χ0) is 17.4. The molecule has 25 heavy (non-hydrogen) atoms. The quantitative estimate of drug-likeness (QED) is 0.678. The number of amides is 1. The Balaban J connectivity index is 1.69. The molecule has 0 saturated heterocycles. The summed E-state index contributed by atoms with van der Waals surface area (Å²) >= 11 is 3.53. The van der Waals surface area contributed by atoms with Crippen LogP contribution in [0.3, 0.4) is 0 Å². The van der Waals surface area contributed by atoms with E-state index >= 15 is 0 Å². The lowest BCUT2D eigenvalue weighted by atomic mass is 9.91. The first-order valence-electron chi connectivity index (χ1n) is 8.28. The van der Waals surface area contributed by atoms with Crippen molar-refractivity contribution in [3.63, 3.8) is 0 Å². The van der Waals surface area contributed by atoms with Gasteiger partial charge in [-0.2, -0.15) is 5.10 Å². The number of hydrazone groups is 1. The lowest BCUT2D eigenvalue weighted by molar-refractivity contribution is -0.134. The largest absolute Gasteiger partial charge is 0.361 e. The summed E-state index contributed by atoms with van der Waals surface area (Å²) in [4.78, 5) is 16.4. The Kier molecular flexibility index (Phi) is 4.17. The summed E-state index contributed by atoms with van der Waals surface area (Å²) in [6.07, 6.45) is 2.61. The third-order valence-corrected chi connectivity index (χ3v) is 5.06. The molecule has 3 aromatic rings. The molecule has 126 valence electrons. The summed E-state index contributed by atoms with van der Waals surface area (Å²) in [6.45, 7) is 2.49. The average Bonchev–Trinajstić information content (AvgIpc) is 3.01. The normalized spacial score (nSPS) is 17.8. The first kappa shape index (κ1) is 16.1. The number of rotatable bonds is 3. The highest BCUT2D eigenvalue weighted by Crippen LogP contribution is 2.34. The minimum absolute atomic E-state index is 0.0512. The number of aromatic nitrogens is 1. The van der Waals surface area contributed by atoms with Gasteiger partial charge in [-0.1, -0.05) is 46.3 Å². The molecule has 4 nitrogen and oxygen atoms in total. The van der Waals surface area contributed by atoms with Crippen molar-refractivity contribution in [3.8, 4) is 0 Å². The first-order valence-corrected chi connectivity index (χ1v) is 9.07. The standard InChI is InChI=1S/C20H18BrN3O/c1-13-9-17(18-11-22-19-8-7-15(21)10-16(18)19)20(25)24(23-13)12-14-5-3-2-4-6-14/h2-8,10-11,17,22H,9,12H2,1H3. The van der Waals surface area contributed by atoms with Crippen LogP contribution in [0.1, 0.15) is 30.4 Å². The molecule has 1 atom stereocenters. The number of benzene rings is 2. The molecule has 2 aromatic carbocycles. The molecule has 0 bridgehead atoms. The van der Waals surface area contributed by atoms with Crippen LogP contribution in [0.5, 0.6) is 0 Å². The third-order valence-electron chi connectivity index (χ3n) is 4.57. The van der Waals surface area contributed by atoms with E-state index < -0.39 is 0 Å². The van der Waals surface area contributed by atoms with E-state index in [0.717, 1.165) is 32.2 Å². The minimum atomic E-state index is -0.204. The van der Waals surface area contributed by atoms with Gasteiger partial charge in [-0.15, -0.1) is 0 Å². The molecule has 0 aliphatic carbocycles. The molecule has 0 radical (unpaired) electrons. The monoisotopic (exact) mass is 395 g/mol. The van der Waals surface area contributed by atoms with Crippen molar-refractivity contribution in [2.45, 2.75) is 25.8 Å². The maximum Gasteiger partial charge on any atom is 0.250 e. The van der Waals surface area contributed by atoms with Gasteiger partial charge in [0.25, 0.3) is 5.91 Å². The van der Waals surface area contributed by atoms with Gasteiger partial charge in [-0.3, -0.25) is 4.79 Å². The van der Waals surface area contributed by atoms with E-state index in [1.165, 1.54) is 0 Å². The van der Waals surface area contributed by atoms with Crippen LogP contribution in [-0.2, 0) is 11.3 Å². The lowest BCUT2D eigenvalue weighted by Gasteiger charge is -2.28. The van der Waals surface area contributed by atoms with Crippen LogP contribution in [0, 0.1) is 0 Å². The molecule has 1 aromatic heterocycles. The number of nitrogens with zero attached hydrogens (tertiary/aromatic N) is 2. The molecule has 5 heteroatoms. The van der Waals surface area contributed by atoms with Crippen molar-refractivity contribution >= 4 is 38.5 Å². The van der Waals surface area contributed by atoms with Crippen LogP contribution < -0.4 is 0 Å². The van der Waals surface area contributed by atoms with Crippen LogP contribution in [0.15, 0.2) is 64.3 Å². The molecule has 4 rings (SSSR count). The highest BCUT2D eigenvalue weighted by molar-refractivity contribution is 9.10.